The standard InChI is InChI=1S/C17H24N4OS/c1-16(2,3)23(22)21-17(4,5)13-11-14(18)19-20-15(13)12-9-7-6-8-10-12/h6-11,21H,1-5H3,(H2,18,19)/t23-/m1/s1. The first-order valence-electron chi connectivity index (χ1n) is 7.50. The molecule has 1 aromatic heterocycles. The molecule has 0 saturated carbocycles. The van der Waals surface area contributed by atoms with Crippen LogP contribution in [0, 0.1) is 0 Å². The summed E-state index contributed by atoms with van der Waals surface area (Å²) in [7, 11) is 0. The summed E-state index contributed by atoms with van der Waals surface area (Å²) in [5, 5.41) is 8.25. The molecule has 0 bridgehead atoms. The Morgan fingerprint density at radius 3 is 2.22 bits per heavy atom. The highest BCUT2D eigenvalue weighted by Gasteiger charge is 2.36. The van der Waals surface area contributed by atoms with Crippen molar-refractivity contribution in [1.82, 2.24) is 14.9 Å². The third kappa shape index (κ3) is 4.22. The second-order valence-electron chi connectivity index (χ2n) is 7.01. The van der Waals surface area contributed by atoms with E-state index in [1.807, 2.05) is 65.0 Å². The second kappa shape index (κ2) is 6.47. The van der Waals surface area contributed by atoms with Crippen LogP contribution in [0.3, 0.4) is 0 Å². The summed E-state index contributed by atoms with van der Waals surface area (Å²) in [4.78, 5) is 0. The number of hydrogen-bond acceptors (Lipinski definition) is 5. The predicted octanol–water partition coefficient (Wildman–Crippen LogP) is 3.01. The van der Waals surface area contributed by atoms with E-state index >= 15 is 0 Å². The van der Waals surface area contributed by atoms with E-state index in [0.717, 1.165) is 16.8 Å². The molecule has 6 heteroatoms. The van der Waals surface area contributed by atoms with Gasteiger partial charge in [0.1, 0.15) is 10.6 Å². The number of rotatable bonds is 4. The van der Waals surface area contributed by atoms with Crippen molar-refractivity contribution in [3.63, 3.8) is 0 Å². The third-order valence-corrected chi connectivity index (χ3v) is 5.25. The number of nitrogens with one attached hydrogen (secondary N) is 1. The molecule has 2 aromatic rings. The maximum Gasteiger partial charge on any atom is 0.146 e. The highest BCUT2D eigenvalue weighted by molar-refractivity contribution is 7.90. The molecular formula is C17H24N4OS. The Morgan fingerprint density at radius 1 is 1.04 bits per heavy atom. The smallest absolute Gasteiger partial charge is 0.146 e. The molecule has 0 spiro atoms. The normalized spacial score (nSPS) is 13.8. The van der Waals surface area contributed by atoms with Gasteiger partial charge in [0.25, 0.3) is 0 Å². The molecular weight excluding hydrogens is 308 g/mol. The zero-order valence-electron chi connectivity index (χ0n) is 14.3. The van der Waals surface area contributed by atoms with Crippen LogP contribution in [0.15, 0.2) is 36.4 Å². The van der Waals surface area contributed by atoms with Crippen LogP contribution in [0.25, 0.3) is 11.3 Å². The Labute approximate surface area is 141 Å². The van der Waals surface area contributed by atoms with Gasteiger partial charge in [-0.3, -0.25) is 0 Å². The number of benzene rings is 1. The van der Waals surface area contributed by atoms with Gasteiger partial charge in [-0.2, -0.15) is 0 Å². The van der Waals surface area contributed by atoms with E-state index in [-0.39, 0.29) is 4.75 Å². The van der Waals surface area contributed by atoms with Gasteiger partial charge in [0, 0.05) is 22.5 Å². The summed E-state index contributed by atoms with van der Waals surface area (Å²) < 4.78 is 15.4. The molecule has 0 fully saturated rings. The summed E-state index contributed by atoms with van der Waals surface area (Å²) in [6.07, 6.45) is 0. The third-order valence-electron chi connectivity index (χ3n) is 3.44. The van der Waals surface area contributed by atoms with Crippen LogP contribution in [-0.4, -0.2) is 19.5 Å². The summed E-state index contributed by atoms with van der Waals surface area (Å²) in [6, 6.07) is 11.6. The molecule has 5 nitrogen and oxygen atoms in total. The van der Waals surface area contributed by atoms with E-state index in [9.17, 15) is 4.55 Å². The lowest BCUT2D eigenvalue weighted by Gasteiger charge is -2.33. The van der Waals surface area contributed by atoms with Gasteiger partial charge >= 0.3 is 0 Å². The van der Waals surface area contributed by atoms with Gasteiger partial charge in [-0.25, -0.2) is 0 Å². The predicted molar refractivity (Wildman–Crippen MR) is 95.9 cm³/mol. The Hall–Kier alpha value is -1.63. The number of anilines is 1. The minimum Gasteiger partial charge on any atom is -0.598 e. The van der Waals surface area contributed by atoms with Crippen LogP contribution in [0.2, 0.25) is 0 Å². The number of nitrogens with two attached hydrogens (primary N) is 1. The lowest BCUT2D eigenvalue weighted by Crippen LogP contribution is -2.48. The zero-order valence-corrected chi connectivity index (χ0v) is 15.1. The second-order valence-corrected chi connectivity index (χ2v) is 8.97. The Bertz CT molecular complexity index is 668. The van der Waals surface area contributed by atoms with Crippen molar-refractivity contribution in [2.45, 2.75) is 44.9 Å². The summed E-state index contributed by atoms with van der Waals surface area (Å²) >= 11 is -1.22. The minimum atomic E-state index is -1.22. The molecule has 23 heavy (non-hydrogen) atoms. The Kier molecular flexibility index (Phi) is 4.98. The molecule has 1 atom stereocenters. The maximum absolute atomic E-state index is 12.5. The molecule has 0 aliphatic carbocycles. The van der Waals surface area contributed by atoms with E-state index in [1.165, 1.54) is 0 Å². The molecule has 0 saturated heterocycles. The topological polar surface area (TPSA) is 86.9 Å². The van der Waals surface area contributed by atoms with Crippen molar-refractivity contribution >= 4 is 17.2 Å². The van der Waals surface area contributed by atoms with Crippen LogP contribution < -0.4 is 10.5 Å². The van der Waals surface area contributed by atoms with Gasteiger partial charge in [-0.15, -0.1) is 14.9 Å². The van der Waals surface area contributed by atoms with Crippen LogP contribution in [-0.2, 0) is 16.9 Å². The Balaban J connectivity index is 2.47. The molecule has 0 radical (unpaired) electrons. The van der Waals surface area contributed by atoms with E-state index in [4.69, 9.17) is 5.73 Å². The quantitative estimate of drug-likeness (QED) is 0.840. The van der Waals surface area contributed by atoms with E-state index < -0.39 is 16.9 Å². The fraction of sp³-hybridized carbons (Fsp3) is 0.412. The molecule has 2 rings (SSSR count). The van der Waals surface area contributed by atoms with Crippen LogP contribution in [0.5, 0.6) is 0 Å². The van der Waals surface area contributed by atoms with Crippen molar-refractivity contribution in [2.24, 2.45) is 0 Å². The molecule has 1 heterocycles. The molecule has 3 N–H and O–H groups in total. The average Bonchev–Trinajstić information content (AvgIpc) is 2.46. The molecule has 0 aliphatic heterocycles. The van der Waals surface area contributed by atoms with Crippen molar-refractivity contribution < 1.29 is 4.55 Å². The van der Waals surface area contributed by atoms with Crippen LogP contribution in [0.1, 0.15) is 40.2 Å². The molecule has 0 unspecified atom stereocenters. The monoisotopic (exact) mass is 332 g/mol. The average molecular weight is 332 g/mol. The lowest BCUT2D eigenvalue weighted by molar-refractivity contribution is 0.456. The van der Waals surface area contributed by atoms with Gasteiger partial charge in [-0.05, 0) is 40.7 Å². The van der Waals surface area contributed by atoms with E-state index in [2.05, 4.69) is 14.9 Å². The van der Waals surface area contributed by atoms with E-state index in [1.54, 1.807) is 6.07 Å². The summed E-state index contributed by atoms with van der Waals surface area (Å²) in [5.74, 6) is 0.344. The van der Waals surface area contributed by atoms with E-state index in [0.29, 0.717) is 5.82 Å². The zero-order chi connectivity index (χ0) is 17.3. The van der Waals surface area contributed by atoms with Gasteiger partial charge in [0.05, 0.1) is 11.2 Å². The molecule has 1 aromatic carbocycles. The van der Waals surface area contributed by atoms with Gasteiger partial charge < -0.3 is 10.3 Å². The lowest BCUT2D eigenvalue weighted by atomic mass is 9.91. The molecule has 124 valence electrons. The first-order valence-corrected chi connectivity index (χ1v) is 8.65. The van der Waals surface area contributed by atoms with Crippen molar-refractivity contribution in [3.05, 3.63) is 42.0 Å². The summed E-state index contributed by atoms with van der Waals surface area (Å²) in [5.41, 5.74) is 7.82. The largest absolute Gasteiger partial charge is 0.598 e. The Morgan fingerprint density at radius 2 is 1.65 bits per heavy atom. The molecule has 0 amide bonds. The van der Waals surface area contributed by atoms with Crippen LogP contribution in [0.4, 0.5) is 5.82 Å². The number of nitrogen functional groups attached to an aromatic ring is 1. The number of nitrogens with zero attached hydrogens (tertiary/aromatic N) is 2. The SMILES string of the molecule is CC(C)(N[S@+]([O-])C(C)(C)C)c1cc(N)nnc1-c1ccccc1. The summed E-state index contributed by atoms with van der Waals surface area (Å²) in [6.45, 7) is 9.75. The van der Waals surface area contributed by atoms with Crippen molar-refractivity contribution in [2.75, 3.05) is 5.73 Å². The fourth-order valence-corrected chi connectivity index (χ4v) is 3.01. The first kappa shape index (κ1) is 17.7. The van der Waals surface area contributed by atoms with Gasteiger partial charge in [0.15, 0.2) is 0 Å². The first-order chi connectivity index (χ1) is 10.6. The molecule has 0 aliphatic rings. The van der Waals surface area contributed by atoms with Gasteiger partial charge in [0.2, 0.25) is 0 Å². The highest BCUT2D eigenvalue weighted by Crippen LogP contribution is 2.32. The van der Waals surface area contributed by atoms with Crippen molar-refractivity contribution in [1.29, 1.82) is 0 Å². The minimum absolute atomic E-state index is 0.344. The highest BCUT2D eigenvalue weighted by atomic mass is 32.2. The number of hydrogen-bond donors (Lipinski definition) is 2. The van der Waals surface area contributed by atoms with Crippen LogP contribution >= 0.6 is 0 Å². The fourth-order valence-electron chi connectivity index (χ4n) is 2.13. The van der Waals surface area contributed by atoms with Crippen molar-refractivity contribution in [3.8, 4) is 11.3 Å². The number of aromatic nitrogens is 2. The van der Waals surface area contributed by atoms with Gasteiger partial charge in [-0.1, -0.05) is 30.3 Å². The maximum atomic E-state index is 12.5.